The Balaban J connectivity index is 2.24. The number of rotatable bonds is 7. The van der Waals surface area contributed by atoms with E-state index in [0.29, 0.717) is 29.3 Å². The minimum Gasteiger partial charge on any atom is -0.501 e. The van der Waals surface area contributed by atoms with Gasteiger partial charge in [-0.3, -0.25) is 4.79 Å². The van der Waals surface area contributed by atoms with E-state index >= 15 is 0 Å². The van der Waals surface area contributed by atoms with Gasteiger partial charge < -0.3 is 18.9 Å². The van der Waals surface area contributed by atoms with Gasteiger partial charge in [0.1, 0.15) is 23.0 Å². The summed E-state index contributed by atoms with van der Waals surface area (Å²) in [4.78, 5) is 12.4. The first kappa shape index (κ1) is 17.7. The molecule has 0 aliphatic heterocycles. The van der Waals surface area contributed by atoms with Crippen molar-refractivity contribution in [2.75, 3.05) is 28.4 Å². The van der Waals surface area contributed by atoms with E-state index in [-0.39, 0.29) is 11.7 Å². The molecule has 2 rings (SSSR count). The fraction of sp³-hybridized carbons (Fsp3) is 0.316. The third kappa shape index (κ3) is 3.98. The number of allylic oxidation sites excluding steroid dienone is 2. The molecule has 0 heterocycles. The van der Waals surface area contributed by atoms with Gasteiger partial charge in [-0.25, -0.2) is 0 Å². The maximum absolute atomic E-state index is 12.4. The number of methoxy groups -OCH3 is 4. The molecule has 1 aromatic carbocycles. The van der Waals surface area contributed by atoms with Crippen LogP contribution in [0.2, 0.25) is 0 Å². The van der Waals surface area contributed by atoms with E-state index in [9.17, 15) is 4.79 Å². The predicted octanol–water partition coefficient (Wildman–Crippen LogP) is 3.49. The van der Waals surface area contributed by atoms with Gasteiger partial charge in [0.25, 0.3) is 0 Å². The maximum atomic E-state index is 12.4. The topological polar surface area (TPSA) is 54.0 Å². The van der Waals surface area contributed by atoms with E-state index in [4.69, 9.17) is 18.9 Å². The first-order chi connectivity index (χ1) is 11.6. The lowest BCUT2D eigenvalue weighted by molar-refractivity contribution is 0.104. The Labute approximate surface area is 142 Å². The van der Waals surface area contributed by atoms with E-state index in [1.165, 1.54) is 6.08 Å². The summed E-state index contributed by atoms with van der Waals surface area (Å²) in [5.41, 5.74) is 0.562. The molecule has 5 heteroatoms. The van der Waals surface area contributed by atoms with Gasteiger partial charge in [-0.05, 0) is 24.3 Å². The van der Waals surface area contributed by atoms with E-state index < -0.39 is 0 Å². The molecule has 0 fully saturated rings. The number of hydrogen-bond donors (Lipinski definition) is 0. The SMILES string of the molecule is COC1=CC(/C=C/C(=O)c2cccc(OC)c2)C(OC)=C(OC)C1. The van der Waals surface area contributed by atoms with Crippen LogP contribution in [0.4, 0.5) is 0 Å². The van der Waals surface area contributed by atoms with Gasteiger partial charge in [-0.1, -0.05) is 18.2 Å². The highest BCUT2D eigenvalue weighted by molar-refractivity contribution is 6.04. The lowest BCUT2D eigenvalue weighted by atomic mass is 9.96. The lowest BCUT2D eigenvalue weighted by Crippen LogP contribution is -2.13. The molecule has 0 amide bonds. The zero-order chi connectivity index (χ0) is 17.5. The maximum Gasteiger partial charge on any atom is 0.185 e. The van der Waals surface area contributed by atoms with Crippen molar-refractivity contribution in [1.29, 1.82) is 0 Å². The summed E-state index contributed by atoms with van der Waals surface area (Å²) in [7, 11) is 6.36. The Hall–Kier alpha value is -2.69. The van der Waals surface area contributed by atoms with Crippen LogP contribution in [-0.4, -0.2) is 34.2 Å². The average molecular weight is 330 g/mol. The van der Waals surface area contributed by atoms with Crippen molar-refractivity contribution in [2.24, 2.45) is 5.92 Å². The Bertz CT molecular complexity index is 685. The zero-order valence-corrected chi connectivity index (χ0v) is 14.4. The molecule has 0 bridgehead atoms. The van der Waals surface area contributed by atoms with Gasteiger partial charge in [0.05, 0.1) is 40.8 Å². The standard InChI is InChI=1S/C19H22O5/c1-21-15-7-5-6-13(10-15)17(20)9-8-14-11-16(22-2)12-18(23-3)19(14)24-4/h5-11,14H,12H2,1-4H3/b9-8+. The van der Waals surface area contributed by atoms with Gasteiger partial charge in [0.2, 0.25) is 0 Å². The molecule has 1 atom stereocenters. The largest absolute Gasteiger partial charge is 0.501 e. The Morgan fingerprint density at radius 2 is 1.88 bits per heavy atom. The summed E-state index contributed by atoms with van der Waals surface area (Å²) in [6, 6.07) is 7.04. The summed E-state index contributed by atoms with van der Waals surface area (Å²) < 4.78 is 21.3. The molecule has 1 aromatic rings. The smallest absolute Gasteiger partial charge is 0.185 e. The second-order valence-electron chi connectivity index (χ2n) is 5.19. The summed E-state index contributed by atoms with van der Waals surface area (Å²) in [6.45, 7) is 0. The van der Waals surface area contributed by atoms with Crippen LogP contribution in [0.5, 0.6) is 5.75 Å². The number of hydrogen-bond acceptors (Lipinski definition) is 5. The molecule has 0 saturated heterocycles. The number of ketones is 1. The normalized spacial score (nSPS) is 17.5. The van der Waals surface area contributed by atoms with Crippen molar-refractivity contribution in [1.82, 2.24) is 0 Å². The van der Waals surface area contributed by atoms with Crippen molar-refractivity contribution in [2.45, 2.75) is 6.42 Å². The summed E-state index contributed by atoms with van der Waals surface area (Å²) in [5, 5.41) is 0. The summed E-state index contributed by atoms with van der Waals surface area (Å²) in [6.07, 6.45) is 5.75. The molecule has 128 valence electrons. The van der Waals surface area contributed by atoms with Gasteiger partial charge >= 0.3 is 0 Å². The molecular weight excluding hydrogens is 308 g/mol. The molecule has 1 unspecified atom stereocenters. The van der Waals surface area contributed by atoms with Gasteiger partial charge in [-0.2, -0.15) is 0 Å². The molecule has 0 saturated carbocycles. The highest BCUT2D eigenvalue weighted by Gasteiger charge is 2.24. The number of carbonyl (C=O) groups is 1. The van der Waals surface area contributed by atoms with Crippen molar-refractivity contribution in [3.8, 4) is 5.75 Å². The van der Waals surface area contributed by atoms with Crippen molar-refractivity contribution in [3.05, 3.63) is 65.3 Å². The van der Waals surface area contributed by atoms with Gasteiger partial charge in [0.15, 0.2) is 5.78 Å². The molecule has 1 aliphatic rings. The predicted molar refractivity (Wildman–Crippen MR) is 90.7 cm³/mol. The lowest BCUT2D eigenvalue weighted by Gasteiger charge is -2.23. The Kier molecular flexibility index (Phi) is 6.07. The third-order valence-corrected chi connectivity index (χ3v) is 3.82. The Morgan fingerprint density at radius 3 is 2.50 bits per heavy atom. The van der Waals surface area contributed by atoms with E-state index in [1.807, 2.05) is 6.08 Å². The first-order valence-electron chi connectivity index (χ1n) is 7.55. The molecule has 0 N–H and O–H groups in total. The fourth-order valence-electron chi connectivity index (χ4n) is 2.54. The molecule has 0 spiro atoms. The van der Waals surface area contributed by atoms with Crippen LogP contribution in [-0.2, 0) is 14.2 Å². The van der Waals surface area contributed by atoms with E-state index in [1.54, 1.807) is 58.8 Å². The van der Waals surface area contributed by atoms with Crippen molar-refractivity contribution in [3.63, 3.8) is 0 Å². The van der Waals surface area contributed by atoms with Crippen LogP contribution < -0.4 is 4.74 Å². The highest BCUT2D eigenvalue weighted by Crippen LogP contribution is 2.31. The number of ether oxygens (including phenoxy) is 4. The minimum atomic E-state index is -0.219. The average Bonchev–Trinajstić information content (AvgIpc) is 2.64. The molecular formula is C19H22O5. The Morgan fingerprint density at radius 1 is 1.08 bits per heavy atom. The third-order valence-electron chi connectivity index (χ3n) is 3.82. The first-order valence-corrected chi connectivity index (χ1v) is 7.55. The zero-order valence-electron chi connectivity index (χ0n) is 14.4. The van der Waals surface area contributed by atoms with Crippen molar-refractivity contribution >= 4 is 5.78 Å². The second kappa shape index (κ2) is 8.24. The van der Waals surface area contributed by atoms with Crippen molar-refractivity contribution < 1.29 is 23.7 Å². The van der Waals surface area contributed by atoms with E-state index in [0.717, 1.165) is 5.76 Å². The van der Waals surface area contributed by atoms with Crippen LogP contribution in [0.3, 0.4) is 0 Å². The summed E-state index contributed by atoms with van der Waals surface area (Å²) >= 11 is 0. The monoisotopic (exact) mass is 330 g/mol. The highest BCUT2D eigenvalue weighted by atomic mass is 16.5. The molecule has 0 aromatic heterocycles. The van der Waals surface area contributed by atoms with Crippen LogP contribution in [0.25, 0.3) is 0 Å². The molecule has 5 nitrogen and oxygen atoms in total. The second-order valence-corrected chi connectivity index (χ2v) is 5.19. The quantitative estimate of drug-likeness (QED) is 0.566. The molecule has 1 aliphatic carbocycles. The minimum absolute atomic E-state index is 0.110. The van der Waals surface area contributed by atoms with Crippen LogP contribution >= 0.6 is 0 Å². The molecule has 24 heavy (non-hydrogen) atoms. The van der Waals surface area contributed by atoms with Crippen LogP contribution in [0.1, 0.15) is 16.8 Å². The van der Waals surface area contributed by atoms with Crippen LogP contribution in [0.15, 0.2) is 59.8 Å². The number of benzene rings is 1. The summed E-state index contributed by atoms with van der Waals surface area (Å²) in [5.74, 6) is 2.46. The molecule has 0 radical (unpaired) electrons. The van der Waals surface area contributed by atoms with Crippen LogP contribution in [0, 0.1) is 5.92 Å². The number of carbonyl (C=O) groups excluding carboxylic acids is 1. The van der Waals surface area contributed by atoms with E-state index in [2.05, 4.69) is 0 Å². The van der Waals surface area contributed by atoms with Gasteiger partial charge in [-0.15, -0.1) is 0 Å². The fourth-order valence-corrected chi connectivity index (χ4v) is 2.54. The van der Waals surface area contributed by atoms with Gasteiger partial charge in [0, 0.05) is 5.56 Å².